The minimum absolute atomic E-state index is 0.157. The molecule has 0 radical (unpaired) electrons. The Balaban J connectivity index is 1.58. The molecule has 4 aromatic rings. The van der Waals surface area contributed by atoms with Gasteiger partial charge >= 0.3 is 11.6 Å². The van der Waals surface area contributed by atoms with Crippen molar-refractivity contribution >= 4 is 22.9 Å². The highest BCUT2D eigenvalue weighted by Crippen LogP contribution is 2.33. The summed E-state index contributed by atoms with van der Waals surface area (Å²) in [7, 11) is 1.46. The van der Waals surface area contributed by atoms with E-state index in [9.17, 15) is 9.59 Å². The normalized spacial score (nSPS) is 10.8. The van der Waals surface area contributed by atoms with Gasteiger partial charge < -0.3 is 23.0 Å². The van der Waals surface area contributed by atoms with Gasteiger partial charge in [-0.1, -0.05) is 17.2 Å². The fourth-order valence-electron chi connectivity index (χ4n) is 3.18. The summed E-state index contributed by atoms with van der Waals surface area (Å²) in [6.45, 7) is 4.69. The van der Waals surface area contributed by atoms with E-state index in [2.05, 4.69) is 15.5 Å². The number of hydrogen-bond donors (Lipinski definition) is 1. The third-order valence-electron chi connectivity index (χ3n) is 4.62. The average molecular weight is 451 g/mol. The first-order valence-electron chi connectivity index (χ1n) is 10.2. The van der Waals surface area contributed by atoms with Gasteiger partial charge in [0.15, 0.2) is 22.8 Å². The van der Waals surface area contributed by atoms with E-state index in [1.165, 1.54) is 13.2 Å². The SMILES string of the molecule is CCOc1ccc(-c2nnc(NC(=O)c3cc4cccc(OC)c4oc3=O)o2)cc1OCC. The Morgan fingerprint density at radius 1 is 0.970 bits per heavy atom. The van der Waals surface area contributed by atoms with E-state index in [1.54, 1.807) is 36.4 Å². The maximum absolute atomic E-state index is 12.7. The van der Waals surface area contributed by atoms with Crippen LogP contribution in [-0.4, -0.2) is 36.4 Å². The zero-order valence-electron chi connectivity index (χ0n) is 18.2. The molecule has 0 spiro atoms. The predicted octanol–water partition coefficient (Wildman–Crippen LogP) is 3.90. The number of fused-ring (bicyclic) bond motifs is 1. The molecule has 10 nitrogen and oxygen atoms in total. The van der Waals surface area contributed by atoms with E-state index < -0.39 is 11.5 Å². The molecule has 0 aliphatic carbocycles. The van der Waals surface area contributed by atoms with E-state index in [0.717, 1.165) is 0 Å². The Morgan fingerprint density at radius 3 is 2.52 bits per heavy atom. The lowest BCUT2D eigenvalue weighted by molar-refractivity contribution is 0.102. The van der Waals surface area contributed by atoms with Crippen LogP contribution in [0.15, 0.2) is 56.1 Å². The van der Waals surface area contributed by atoms with Crippen LogP contribution in [0.5, 0.6) is 17.2 Å². The van der Waals surface area contributed by atoms with Gasteiger partial charge in [-0.15, -0.1) is 5.10 Å². The van der Waals surface area contributed by atoms with Gasteiger partial charge in [0.2, 0.25) is 5.89 Å². The number of para-hydroxylation sites is 1. The monoisotopic (exact) mass is 451 g/mol. The lowest BCUT2D eigenvalue weighted by Gasteiger charge is -2.11. The third-order valence-corrected chi connectivity index (χ3v) is 4.62. The van der Waals surface area contributed by atoms with Crippen LogP contribution in [0, 0.1) is 0 Å². The number of ether oxygens (including phenoxy) is 3. The Bertz CT molecular complexity index is 1360. The topological polar surface area (TPSA) is 126 Å². The molecule has 0 aliphatic heterocycles. The van der Waals surface area contributed by atoms with Gasteiger partial charge in [0, 0.05) is 10.9 Å². The number of carbonyl (C=O) groups is 1. The lowest BCUT2D eigenvalue weighted by Crippen LogP contribution is -2.20. The highest BCUT2D eigenvalue weighted by Gasteiger charge is 2.19. The Kier molecular flexibility index (Phi) is 6.25. The molecule has 2 aromatic carbocycles. The highest BCUT2D eigenvalue weighted by molar-refractivity contribution is 6.04. The van der Waals surface area contributed by atoms with E-state index in [-0.39, 0.29) is 23.1 Å². The van der Waals surface area contributed by atoms with E-state index in [4.69, 9.17) is 23.0 Å². The molecule has 33 heavy (non-hydrogen) atoms. The summed E-state index contributed by atoms with van der Waals surface area (Å²) in [5, 5.41) is 10.8. The van der Waals surface area contributed by atoms with Crippen molar-refractivity contribution in [2.24, 2.45) is 0 Å². The molecule has 2 heterocycles. The van der Waals surface area contributed by atoms with Crippen LogP contribution in [-0.2, 0) is 0 Å². The number of anilines is 1. The van der Waals surface area contributed by atoms with E-state index in [0.29, 0.717) is 41.4 Å². The first-order valence-corrected chi connectivity index (χ1v) is 10.2. The van der Waals surface area contributed by atoms with E-state index in [1.807, 2.05) is 13.8 Å². The number of hydrogen-bond acceptors (Lipinski definition) is 9. The van der Waals surface area contributed by atoms with Crippen LogP contribution in [0.2, 0.25) is 0 Å². The van der Waals surface area contributed by atoms with Crippen molar-refractivity contribution in [1.82, 2.24) is 10.2 Å². The summed E-state index contributed by atoms with van der Waals surface area (Å²) in [6.07, 6.45) is 0. The lowest BCUT2D eigenvalue weighted by atomic mass is 10.1. The van der Waals surface area contributed by atoms with Crippen molar-refractivity contribution in [3.8, 4) is 28.7 Å². The quantitative estimate of drug-likeness (QED) is 0.397. The van der Waals surface area contributed by atoms with Crippen LogP contribution in [0.4, 0.5) is 6.01 Å². The summed E-state index contributed by atoms with van der Waals surface area (Å²) < 4.78 is 27.2. The van der Waals surface area contributed by atoms with Gasteiger partial charge in [0.1, 0.15) is 5.56 Å². The molecular weight excluding hydrogens is 430 g/mol. The minimum atomic E-state index is -0.822. The summed E-state index contributed by atoms with van der Waals surface area (Å²) >= 11 is 0. The molecule has 1 N–H and O–H groups in total. The smallest absolute Gasteiger partial charge is 0.349 e. The second-order valence-corrected chi connectivity index (χ2v) is 6.72. The largest absolute Gasteiger partial charge is 0.493 e. The molecule has 0 aliphatic rings. The van der Waals surface area contributed by atoms with Crippen LogP contribution in [0.1, 0.15) is 24.2 Å². The molecular formula is C23H21N3O7. The molecule has 0 fully saturated rings. The number of amides is 1. The van der Waals surface area contributed by atoms with Crippen molar-refractivity contribution in [3.63, 3.8) is 0 Å². The molecule has 0 atom stereocenters. The minimum Gasteiger partial charge on any atom is -0.493 e. The van der Waals surface area contributed by atoms with Crippen molar-refractivity contribution in [2.75, 3.05) is 25.6 Å². The molecule has 0 bridgehead atoms. The second-order valence-electron chi connectivity index (χ2n) is 6.72. The van der Waals surface area contributed by atoms with Crippen LogP contribution in [0.25, 0.3) is 22.4 Å². The molecule has 10 heteroatoms. The number of benzene rings is 2. The van der Waals surface area contributed by atoms with Gasteiger partial charge in [0.25, 0.3) is 5.91 Å². The maximum Gasteiger partial charge on any atom is 0.349 e. The molecule has 4 rings (SSSR count). The van der Waals surface area contributed by atoms with Crippen LogP contribution < -0.4 is 25.2 Å². The summed E-state index contributed by atoms with van der Waals surface area (Å²) in [6, 6.07) is 11.5. The first kappa shape index (κ1) is 21.9. The van der Waals surface area contributed by atoms with Crippen molar-refractivity contribution in [1.29, 1.82) is 0 Å². The standard InChI is InChI=1S/C23H21N3O7/c1-4-30-16-10-9-14(12-18(16)31-5-2)21-25-26-23(33-21)24-20(27)15-11-13-7-6-8-17(29-3)19(13)32-22(15)28/h6-12H,4-5H2,1-3H3,(H,24,26,27). The average Bonchev–Trinajstić information content (AvgIpc) is 3.28. The molecule has 1 amide bonds. The second kappa shape index (κ2) is 9.43. The van der Waals surface area contributed by atoms with Crippen molar-refractivity contribution in [2.45, 2.75) is 13.8 Å². The van der Waals surface area contributed by atoms with Gasteiger partial charge in [-0.3, -0.25) is 10.1 Å². The van der Waals surface area contributed by atoms with Crippen LogP contribution >= 0.6 is 0 Å². The zero-order valence-corrected chi connectivity index (χ0v) is 18.2. The number of carbonyl (C=O) groups excluding carboxylic acids is 1. The predicted molar refractivity (Wildman–Crippen MR) is 119 cm³/mol. The Morgan fingerprint density at radius 2 is 1.76 bits per heavy atom. The molecule has 0 saturated carbocycles. The number of aromatic nitrogens is 2. The number of rotatable bonds is 8. The van der Waals surface area contributed by atoms with E-state index >= 15 is 0 Å². The number of nitrogens with zero attached hydrogens (tertiary/aromatic N) is 2. The zero-order chi connectivity index (χ0) is 23.4. The fraction of sp³-hybridized carbons (Fsp3) is 0.217. The van der Waals surface area contributed by atoms with Gasteiger partial charge in [0.05, 0.1) is 20.3 Å². The fourth-order valence-corrected chi connectivity index (χ4v) is 3.18. The van der Waals surface area contributed by atoms with Crippen molar-refractivity contribution in [3.05, 3.63) is 58.4 Å². The van der Waals surface area contributed by atoms with Gasteiger partial charge in [-0.05, 0) is 44.2 Å². The first-order chi connectivity index (χ1) is 16.0. The Hall–Kier alpha value is -4.34. The van der Waals surface area contributed by atoms with Gasteiger partial charge in [-0.2, -0.15) is 0 Å². The number of methoxy groups -OCH3 is 1. The number of nitrogens with one attached hydrogen (secondary N) is 1. The third kappa shape index (κ3) is 4.49. The maximum atomic E-state index is 12.7. The molecule has 0 unspecified atom stereocenters. The van der Waals surface area contributed by atoms with Gasteiger partial charge in [-0.25, -0.2) is 4.79 Å². The molecule has 170 valence electrons. The summed E-state index contributed by atoms with van der Waals surface area (Å²) in [4.78, 5) is 25.0. The molecule has 2 aromatic heterocycles. The summed E-state index contributed by atoms with van der Waals surface area (Å²) in [5.41, 5.74) is -0.207. The summed E-state index contributed by atoms with van der Waals surface area (Å²) in [5.74, 6) is 0.926. The highest BCUT2D eigenvalue weighted by atomic mass is 16.5. The Labute approximate surface area is 188 Å². The van der Waals surface area contributed by atoms with Crippen LogP contribution in [0.3, 0.4) is 0 Å². The molecule has 0 saturated heterocycles. The van der Waals surface area contributed by atoms with Crippen molar-refractivity contribution < 1.29 is 27.8 Å².